The lowest BCUT2D eigenvalue weighted by Crippen LogP contribution is -2.30. The van der Waals surface area contributed by atoms with Crippen LogP contribution in [0, 0.1) is 3.57 Å². The van der Waals surface area contributed by atoms with Crippen molar-refractivity contribution < 1.29 is 4.74 Å². The average molecular weight is 367 g/mol. The molecular weight excluding hydrogens is 351 g/mol. The Kier molecular flexibility index (Phi) is 4.60. The SMILES string of the molecule is COC1(c2ncc(I)c(Cl)n2)CCCCCC1. The molecule has 0 unspecified atom stereocenters. The van der Waals surface area contributed by atoms with E-state index in [1.54, 1.807) is 13.3 Å². The minimum Gasteiger partial charge on any atom is -0.370 e. The van der Waals surface area contributed by atoms with Gasteiger partial charge in [-0.1, -0.05) is 37.3 Å². The Morgan fingerprint density at radius 3 is 2.47 bits per heavy atom. The van der Waals surface area contributed by atoms with Crippen molar-refractivity contribution in [2.75, 3.05) is 7.11 Å². The van der Waals surface area contributed by atoms with Crippen molar-refractivity contribution in [3.8, 4) is 0 Å². The highest BCUT2D eigenvalue weighted by Gasteiger charge is 2.35. The van der Waals surface area contributed by atoms with Crippen molar-refractivity contribution in [2.45, 2.75) is 44.1 Å². The Bertz CT molecular complexity index is 392. The topological polar surface area (TPSA) is 35.0 Å². The lowest BCUT2D eigenvalue weighted by atomic mass is 9.93. The highest BCUT2D eigenvalue weighted by atomic mass is 127. The van der Waals surface area contributed by atoms with Crippen LogP contribution in [0.1, 0.15) is 44.3 Å². The maximum atomic E-state index is 6.08. The van der Waals surface area contributed by atoms with E-state index in [9.17, 15) is 0 Å². The third-order valence-electron chi connectivity index (χ3n) is 3.41. The third kappa shape index (κ3) is 2.90. The highest BCUT2D eigenvalue weighted by molar-refractivity contribution is 14.1. The molecule has 0 aromatic carbocycles. The second-order valence-corrected chi connectivity index (χ2v) is 5.97. The average Bonchev–Trinajstić information content (AvgIpc) is 2.59. The van der Waals surface area contributed by atoms with Gasteiger partial charge in [0.15, 0.2) is 5.82 Å². The van der Waals surface area contributed by atoms with Crippen molar-refractivity contribution in [1.29, 1.82) is 0 Å². The molecule has 1 heterocycles. The summed E-state index contributed by atoms with van der Waals surface area (Å²) >= 11 is 8.22. The maximum Gasteiger partial charge on any atom is 0.161 e. The number of ether oxygens (including phenoxy) is 1. The third-order valence-corrected chi connectivity index (χ3v) is 4.81. The second-order valence-electron chi connectivity index (χ2n) is 4.44. The van der Waals surface area contributed by atoms with Crippen LogP contribution in [0.4, 0.5) is 0 Å². The molecule has 0 spiro atoms. The first-order valence-electron chi connectivity index (χ1n) is 5.92. The molecule has 0 radical (unpaired) electrons. The van der Waals surface area contributed by atoms with Crippen LogP contribution in [0.5, 0.6) is 0 Å². The van der Waals surface area contributed by atoms with E-state index in [2.05, 4.69) is 32.6 Å². The van der Waals surface area contributed by atoms with E-state index in [4.69, 9.17) is 16.3 Å². The molecule has 3 nitrogen and oxygen atoms in total. The zero-order valence-corrected chi connectivity index (χ0v) is 12.8. The summed E-state index contributed by atoms with van der Waals surface area (Å²) in [4.78, 5) is 8.82. The van der Waals surface area contributed by atoms with Crippen LogP contribution in [0.15, 0.2) is 6.20 Å². The first-order valence-corrected chi connectivity index (χ1v) is 7.37. The largest absolute Gasteiger partial charge is 0.370 e. The first-order chi connectivity index (χ1) is 8.18. The van der Waals surface area contributed by atoms with Gasteiger partial charge in [-0.25, -0.2) is 9.97 Å². The highest BCUT2D eigenvalue weighted by Crippen LogP contribution is 2.37. The van der Waals surface area contributed by atoms with Gasteiger partial charge in [-0.05, 0) is 35.4 Å². The molecule has 2 rings (SSSR count). The summed E-state index contributed by atoms with van der Waals surface area (Å²) in [5.41, 5.74) is -0.329. The van der Waals surface area contributed by atoms with E-state index in [-0.39, 0.29) is 5.60 Å². The van der Waals surface area contributed by atoms with Crippen molar-refractivity contribution in [3.05, 3.63) is 20.7 Å². The van der Waals surface area contributed by atoms with Gasteiger partial charge in [0.05, 0.1) is 3.57 Å². The summed E-state index contributed by atoms with van der Waals surface area (Å²) in [6, 6.07) is 0. The zero-order chi connectivity index (χ0) is 12.3. The Morgan fingerprint density at radius 2 is 1.94 bits per heavy atom. The Labute approximate surface area is 120 Å². The molecule has 1 aliphatic carbocycles. The first kappa shape index (κ1) is 13.5. The predicted molar refractivity (Wildman–Crippen MR) is 76.1 cm³/mol. The molecule has 1 fully saturated rings. The van der Waals surface area contributed by atoms with Crippen molar-refractivity contribution in [3.63, 3.8) is 0 Å². The minimum absolute atomic E-state index is 0.329. The molecule has 94 valence electrons. The van der Waals surface area contributed by atoms with Gasteiger partial charge in [0, 0.05) is 13.3 Å². The zero-order valence-electron chi connectivity index (χ0n) is 9.88. The van der Waals surface area contributed by atoms with Gasteiger partial charge in [0.25, 0.3) is 0 Å². The summed E-state index contributed by atoms with van der Waals surface area (Å²) in [5, 5.41) is 0.524. The maximum absolute atomic E-state index is 6.08. The van der Waals surface area contributed by atoms with E-state index >= 15 is 0 Å². The molecule has 0 amide bonds. The van der Waals surface area contributed by atoms with Crippen LogP contribution in [0.25, 0.3) is 0 Å². The summed E-state index contributed by atoms with van der Waals surface area (Å²) in [7, 11) is 1.75. The quantitative estimate of drug-likeness (QED) is 0.452. The number of rotatable bonds is 2. The fraction of sp³-hybridized carbons (Fsp3) is 0.667. The van der Waals surface area contributed by atoms with Gasteiger partial charge < -0.3 is 4.74 Å². The standard InChI is InChI=1S/C12H16ClIN2O/c1-17-12(6-4-2-3-5-7-12)11-15-8-9(14)10(13)16-11/h8H,2-7H2,1H3. The Morgan fingerprint density at radius 1 is 1.29 bits per heavy atom. The number of nitrogens with zero attached hydrogens (tertiary/aromatic N) is 2. The molecule has 1 aliphatic rings. The second kappa shape index (κ2) is 5.80. The van der Waals surface area contributed by atoms with Crippen LogP contribution in [0.3, 0.4) is 0 Å². The minimum atomic E-state index is -0.329. The Balaban J connectivity index is 2.35. The molecule has 0 atom stereocenters. The van der Waals surface area contributed by atoms with Crippen LogP contribution < -0.4 is 0 Å². The van der Waals surface area contributed by atoms with Crippen molar-refractivity contribution in [1.82, 2.24) is 9.97 Å². The van der Waals surface area contributed by atoms with E-state index < -0.39 is 0 Å². The summed E-state index contributed by atoms with van der Waals surface area (Å²) in [6.45, 7) is 0. The van der Waals surface area contributed by atoms with Crippen LogP contribution in [0.2, 0.25) is 5.15 Å². The lowest BCUT2D eigenvalue weighted by Gasteiger charge is -2.29. The van der Waals surface area contributed by atoms with Crippen molar-refractivity contribution in [2.24, 2.45) is 0 Å². The molecule has 1 aromatic heterocycles. The smallest absolute Gasteiger partial charge is 0.161 e. The number of hydrogen-bond donors (Lipinski definition) is 0. The summed E-state index contributed by atoms with van der Waals surface area (Å²) < 4.78 is 6.64. The number of hydrogen-bond acceptors (Lipinski definition) is 3. The van der Waals surface area contributed by atoms with E-state index in [1.807, 2.05) is 0 Å². The summed E-state index contributed by atoms with van der Waals surface area (Å²) in [5.74, 6) is 0.743. The molecule has 1 aromatic rings. The summed E-state index contributed by atoms with van der Waals surface area (Å²) in [6.07, 6.45) is 8.62. The van der Waals surface area contributed by atoms with Gasteiger partial charge in [-0.3, -0.25) is 0 Å². The van der Waals surface area contributed by atoms with Crippen LogP contribution in [-0.4, -0.2) is 17.1 Å². The van der Waals surface area contributed by atoms with Gasteiger partial charge in [-0.15, -0.1) is 0 Å². The van der Waals surface area contributed by atoms with E-state index in [1.165, 1.54) is 25.7 Å². The Hall–Kier alpha value is 0.0600. The van der Waals surface area contributed by atoms with E-state index in [0.29, 0.717) is 5.15 Å². The molecule has 17 heavy (non-hydrogen) atoms. The number of aromatic nitrogens is 2. The molecule has 0 N–H and O–H groups in total. The fourth-order valence-electron chi connectivity index (χ4n) is 2.38. The van der Waals surface area contributed by atoms with Gasteiger partial charge >= 0.3 is 0 Å². The van der Waals surface area contributed by atoms with Gasteiger partial charge in [0.1, 0.15) is 10.8 Å². The fourth-order valence-corrected chi connectivity index (χ4v) is 2.77. The van der Waals surface area contributed by atoms with Gasteiger partial charge in [0.2, 0.25) is 0 Å². The molecule has 5 heteroatoms. The monoisotopic (exact) mass is 366 g/mol. The molecular formula is C12H16ClIN2O. The molecule has 0 saturated heterocycles. The lowest BCUT2D eigenvalue weighted by molar-refractivity contribution is -0.0351. The molecule has 0 bridgehead atoms. The van der Waals surface area contributed by atoms with E-state index in [0.717, 1.165) is 22.2 Å². The normalized spacial score (nSPS) is 19.9. The number of halogens is 2. The number of methoxy groups -OCH3 is 1. The molecule has 0 aliphatic heterocycles. The van der Waals surface area contributed by atoms with Crippen LogP contribution >= 0.6 is 34.2 Å². The molecule has 1 saturated carbocycles. The van der Waals surface area contributed by atoms with Gasteiger partial charge in [-0.2, -0.15) is 0 Å². The predicted octanol–water partition coefficient (Wildman–Crippen LogP) is 3.93. The van der Waals surface area contributed by atoms with Crippen molar-refractivity contribution >= 4 is 34.2 Å². The van der Waals surface area contributed by atoms with Crippen LogP contribution in [-0.2, 0) is 10.3 Å².